The molecule has 112 valence electrons. The van der Waals surface area contributed by atoms with Gasteiger partial charge in [-0.3, -0.25) is 9.78 Å². The molecular weight excluding hydrogens is 308 g/mol. The molecule has 0 spiro atoms. The Morgan fingerprint density at radius 2 is 1.87 bits per heavy atom. The zero-order valence-electron chi connectivity index (χ0n) is 12.0. The fraction of sp³-hybridized carbons (Fsp3) is 0. The summed E-state index contributed by atoms with van der Waals surface area (Å²) in [6, 6.07) is 17.4. The number of H-pyrrole nitrogens is 1. The van der Waals surface area contributed by atoms with Crippen molar-refractivity contribution in [3.63, 3.8) is 0 Å². The molecule has 0 amide bonds. The summed E-state index contributed by atoms with van der Waals surface area (Å²) in [5.41, 5.74) is 0.506. The van der Waals surface area contributed by atoms with Gasteiger partial charge in [-0.25, -0.2) is 9.67 Å². The third-order valence-electron chi connectivity index (χ3n) is 3.38. The van der Waals surface area contributed by atoms with Gasteiger partial charge in [0.05, 0.1) is 10.9 Å². The van der Waals surface area contributed by atoms with Crippen LogP contribution in [-0.4, -0.2) is 19.7 Å². The Bertz CT molecular complexity index is 1010. The van der Waals surface area contributed by atoms with E-state index >= 15 is 0 Å². The van der Waals surface area contributed by atoms with E-state index in [1.807, 2.05) is 42.5 Å². The first-order valence-electron chi connectivity index (χ1n) is 7.07. The number of rotatable bonds is 3. The summed E-state index contributed by atoms with van der Waals surface area (Å²) in [5, 5.41) is 4.70. The molecule has 4 aromatic rings. The fourth-order valence-corrected chi connectivity index (χ4v) is 3.27. The Morgan fingerprint density at radius 3 is 2.65 bits per heavy atom. The number of nitrogens with zero attached hydrogens (tertiary/aromatic N) is 3. The van der Waals surface area contributed by atoms with Crippen molar-refractivity contribution in [2.24, 2.45) is 0 Å². The SMILES string of the molecule is O=c1[nH]c(-n2cccn2)nc2c(Sc3ccccc3)cccc12. The van der Waals surface area contributed by atoms with Crippen LogP contribution in [0.1, 0.15) is 0 Å². The van der Waals surface area contributed by atoms with Gasteiger partial charge in [0.15, 0.2) is 0 Å². The third-order valence-corrected chi connectivity index (χ3v) is 4.44. The normalized spacial score (nSPS) is 11.0. The van der Waals surface area contributed by atoms with Gasteiger partial charge < -0.3 is 0 Å². The molecule has 0 radical (unpaired) electrons. The smallest absolute Gasteiger partial charge is 0.260 e. The highest BCUT2D eigenvalue weighted by molar-refractivity contribution is 7.99. The van der Waals surface area contributed by atoms with Crippen LogP contribution in [0.5, 0.6) is 0 Å². The Morgan fingerprint density at radius 1 is 1.00 bits per heavy atom. The molecule has 5 nitrogen and oxygen atoms in total. The predicted molar refractivity (Wildman–Crippen MR) is 90.1 cm³/mol. The van der Waals surface area contributed by atoms with E-state index in [-0.39, 0.29) is 5.56 Å². The summed E-state index contributed by atoms with van der Waals surface area (Å²) in [4.78, 5) is 21.8. The highest BCUT2D eigenvalue weighted by Crippen LogP contribution is 2.31. The summed E-state index contributed by atoms with van der Waals surface area (Å²) in [6.07, 6.45) is 3.39. The number of para-hydroxylation sites is 1. The molecule has 2 heterocycles. The number of aromatic amines is 1. The second-order valence-electron chi connectivity index (χ2n) is 4.91. The van der Waals surface area contributed by atoms with Crippen LogP contribution in [0.25, 0.3) is 16.9 Å². The average molecular weight is 320 g/mol. The molecular formula is C17H12N4OS. The molecule has 6 heteroatoms. The number of nitrogens with one attached hydrogen (secondary N) is 1. The van der Waals surface area contributed by atoms with Crippen molar-refractivity contribution in [3.8, 4) is 5.95 Å². The maximum absolute atomic E-state index is 12.4. The molecule has 1 N–H and O–H groups in total. The average Bonchev–Trinajstić information content (AvgIpc) is 3.11. The van der Waals surface area contributed by atoms with E-state index in [0.717, 1.165) is 9.79 Å². The van der Waals surface area contributed by atoms with Gasteiger partial charge >= 0.3 is 0 Å². The van der Waals surface area contributed by atoms with Crippen LogP contribution in [0.2, 0.25) is 0 Å². The minimum Gasteiger partial charge on any atom is -0.290 e. The second-order valence-corrected chi connectivity index (χ2v) is 6.02. The standard InChI is InChI=1S/C17H12N4OS/c22-16-13-8-4-9-14(23-12-6-2-1-3-7-12)15(13)19-17(20-16)21-11-5-10-18-21/h1-11H,(H,19,20,22). The van der Waals surface area contributed by atoms with E-state index in [9.17, 15) is 4.79 Å². The van der Waals surface area contributed by atoms with Crippen molar-refractivity contribution < 1.29 is 0 Å². The Labute approximate surface area is 136 Å². The van der Waals surface area contributed by atoms with E-state index < -0.39 is 0 Å². The van der Waals surface area contributed by atoms with E-state index in [1.54, 1.807) is 41.0 Å². The highest BCUT2D eigenvalue weighted by Gasteiger charge is 2.10. The van der Waals surface area contributed by atoms with Gasteiger partial charge in [0.2, 0.25) is 5.95 Å². The summed E-state index contributed by atoms with van der Waals surface area (Å²) >= 11 is 1.59. The van der Waals surface area contributed by atoms with Gasteiger partial charge in [0, 0.05) is 22.2 Å². The monoisotopic (exact) mass is 320 g/mol. The van der Waals surface area contributed by atoms with E-state index in [4.69, 9.17) is 0 Å². The quantitative estimate of drug-likeness (QED) is 0.629. The summed E-state index contributed by atoms with van der Waals surface area (Å²) in [7, 11) is 0. The van der Waals surface area contributed by atoms with Gasteiger partial charge in [-0.1, -0.05) is 36.0 Å². The molecule has 0 saturated carbocycles. The molecule has 0 saturated heterocycles. The topological polar surface area (TPSA) is 63.6 Å². The van der Waals surface area contributed by atoms with Gasteiger partial charge in [-0.05, 0) is 30.3 Å². The predicted octanol–water partition coefficient (Wildman–Crippen LogP) is 3.26. The summed E-state index contributed by atoms with van der Waals surface area (Å²) < 4.78 is 1.55. The van der Waals surface area contributed by atoms with Crippen LogP contribution in [0.3, 0.4) is 0 Å². The Kier molecular flexibility index (Phi) is 3.44. The largest absolute Gasteiger partial charge is 0.290 e. The third kappa shape index (κ3) is 2.64. The Balaban J connectivity index is 1.89. The van der Waals surface area contributed by atoms with Crippen molar-refractivity contribution in [2.75, 3.05) is 0 Å². The van der Waals surface area contributed by atoms with Gasteiger partial charge in [0.25, 0.3) is 5.56 Å². The minimum atomic E-state index is -0.170. The number of benzene rings is 2. The number of fused-ring (bicyclic) bond motifs is 1. The molecule has 0 aliphatic rings. The molecule has 0 fully saturated rings. The molecule has 4 rings (SSSR count). The summed E-state index contributed by atoms with van der Waals surface area (Å²) in [6.45, 7) is 0. The molecule has 23 heavy (non-hydrogen) atoms. The lowest BCUT2D eigenvalue weighted by atomic mass is 10.2. The summed E-state index contributed by atoms with van der Waals surface area (Å²) in [5.74, 6) is 0.411. The fourth-order valence-electron chi connectivity index (χ4n) is 2.32. The molecule has 2 aromatic heterocycles. The zero-order chi connectivity index (χ0) is 15.6. The highest BCUT2D eigenvalue weighted by atomic mass is 32.2. The van der Waals surface area contributed by atoms with E-state index in [0.29, 0.717) is 16.9 Å². The van der Waals surface area contributed by atoms with Crippen molar-refractivity contribution in [1.29, 1.82) is 0 Å². The Hall–Kier alpha value is -2.86. The first kappa shape index (κ1) is 13.8. The molecule has 0 aliphatic heterocycles. The first-order valence-corrected chi connectivity index (χ1v) is 7.89. The number of hydrogen-bond acceptors (Lipinski definition) is 4. The van der Waals surface area contributed by atoms with Gasteiger partial charge in [-0.2, -0.15) is 5.10 Å². The van der Waals surface area contributed by atoms with Crippen LogP contribution in [0.4, 0.5) is 0 Å². The zero-order valence-corrected chi connectivity index (χ0v) is 12.8. The van der Waals surface area contributed by atoms with Crippen LogP contribution in [0, 0.1) is 0 Å². The number of aromatic nitrogens is 4. The van der Waals surface area contributed by atoms with Crippen LogP contribution in [-0.2, 0) is 0 Å². The molecule has 0 aliphatic carbocycles. The minimum absolute atomic E-state index is 0.170. The van der Waals surface area contributed by atoms with E-state index in [2.05, 4.69) is 15.1 Å². The molecule has 0 bridgehead atoms. The molecule has 2 aromatic carbocycles. The van der Waals surface area contributed by atoms with Crippen molar-refractivity contribution in [1.82, 2.24) is 19.7 Å². The van der Waals surface area contributed by atoms with Crippen LogP contribution < -0.4 is 5.56 Å². The lowest BCUT2D eigenvalue weighted by molar-refractivity contribution is 0.809. The maximum Gasteiger partial charge on any atom is 0.260 e. The lowest BCUT2D eigenvalue weighted by Gasteiger charge is -2.07. The van der Waals surface area contributed by atoms with Crippen LogP contribution in [0.15, 0.2) is 81.6 Å². The van der Waals surface area contributed by atoms with Gasteiger partial charge in [0.1, 0.15) is 0 Å². The van der Waals surface area contributed by atoms with Crippen LogP contribution >= 0.6 is 11.8 Å². The maximum atomic E-state index is 12.4. The second kappa shape index (κ2) is 5.73. The van der Waals surface area contributed by atoms with Crippen molar-refractivity contribution >= 4 is 22.7 Å². The number of hydrogen-bond donors (Lipinski definition) is 1. The van der Waals surface area contributed by atoms with E-state index in [1.165, 1.54) is 0 Å². The van der Waals surface area contributed by atoms with Crippen molar-refractivity contribution in [3.05, 3.63) is 77.3 Å². The molecule has 0 atom stereocenters. The van der Waals surface area contributed by atoms with Crippen molar-refractivity contribution in [2.45, 2.75) is 9.79 Å². The molecule has 0 unspecified atom stereocenters. The first-order chi connectivity index (χ1) is 11.3. The lowest BCUT2D eigenvalue weighted by Crippen LogP contribution is -2.14. The van der Waals surface area contributed by atoms with Gasteiger partial charge in [-0.15, -0.1) is 0 Å².